The van der Waals surface area contributed by atoms with Crippen LogP contribution in [0, 0.1) is 17.1 Å². The standard InChI is InChI=1S/C11H10FNO4S/c12-10-2-1-8(6-13)9(5-10)7-18(16,17)4-3-11(14)15/h1-2,5H,3-4,7H2,(H,14,15). The highest BCUT2D eigenvalue weighted by molar-refractivity contribution is 7.90. The van der Waals surface area contributed by atoms with Crippen molar-refractivity contribution in [1.29, 1.82) is 5.26 Å². The second kappa shape index (κ2) is 5.60. The molecular formula is C11H10FNO4S. The summed E-state index contributed by atoms with van der Waals surface area (Å²) in [4.78, 5) is 10.3. The number of carboxylic acid groups (broad SMARTS) is 1. The average molecular weight is 271 g/mol. The number of hydrogen-bond donors (Lipinski definition) is 1. The van der Waals surface area contributed by atoms with Crippen molar-refractivity contribution >= 4 is 15.8 Å². The van der Waals surface area contributed by atoms with E-state index in [2.05, 4.69) is 0 Å². The Balaban J connectivity index is 2.94. The van der Waals surface area contributed by atoms with Gasteiger partial charge in [0.1, 0.15) is 5.82 Å². The van der Waals surface area contributed by atoms with Gasteiger partial charge in [0.15, 0.2) is 9.84 Å². The Morgan fingerprint density at radius 1 is 1.44 bits per heavy atom. The normalized spacial score (nSPS) is 10.9. The summed E-state index contributed by atoms with van der Waals surface area (Å²) in [6.07, 6.45) is -0.514. The minimum atomic E-state index is -3.68. The first-order valence-corrected chi connectivity index (χ1v) is 6.77. The van der Waals surface area contributed by atoms with Crippen LogP contribution >= 0.6 is 0 Å². The molecule has 0 heterocycles. The largest absolute Gasteiger partial charge is 0.481 e. The van der Waals surface area contributed by atoms with Crippen molar-refractivity contribution in [3.63, 3.8) is 0 Å². The summed E-state index contributed by atoms with van der Waals surface area (Å²) < 4.78 is 36.2. The van der Waals surface area contributed by atoms with Crippen LogP contribution in [0.15, 0.2) is 18.2 Å². The van der Waals surface area contributed by atoms with Gasteiger partial charge in [0.25, 0.3) is 0 Å². The number of benzene rings is 1. The lowest BCUT2D eigenvalue weighted by atomic mass is 10.1. The summed E-state index contributed by atoms with van der Waals surface area (Å²) in [5.74, 6) is -2.94. The number of hydrogen-bond acceptors (Lipinski definition) is 4. The van der Waals surface area contributed by atoms with Gasteiger partial charge in [-0.2, -0.15) is 5.26 Å². The second-order valence-electron chi connectivity index (χ2n) is 3.65. The Morgan fingerprint density at radius 2 is 2.11 bits per heavy atom. The highest BCUT2D eigenvalue weighted by atomic mass is 32.2. The Kier molecular flexibility index (Phi) is 4.39. The third-order valence-corrected chi connectivity index (χ3v) is 3.77. The highest BCUT2D eigenvalue weighted by Gasteiger charge is 2.16. The van der Waals surface area contributed by atoms with Gasteiger partial charge in [-0.15, -0.1) is 0 Å². The van der Waals surface area contributed by atoms with Crippen molar-refractivity contribution in [2.24, 2.45) is 0 Å². The molecule has 96 valence electrons. The van der Waals surface area contributed by atoms with Crippen molar-refractivity contribution in [2.45, 2.75) is 12.2 Å². The molecule has 0 unspecified atom stereocenters. The van der Waals surface area contributed by atoms with Crippen molar-refractivity contribution in [3.8, 4) is 6.07 Å². The first-order valence-electron chi connectivity index (χ1n) is 4.95. The number of halogens is 1. The lowest BCUT2D eigenvalue weighted by molar-refractivity contribution is -0.136. The van der Waals surface area contributed by atoms with Gasteiger partial charge in [-0.25, -0.2) is 12.8 Å². The van der Waals surface area contributed by atoms with Crippen LogP contribution in [-0.4, -0.2) is 25.2 Å². The summed E-state index contributed by atoms with van der Waals surface area (Å²) in [6.45, 7) is 0. The zero-order chi connectivity index (χ0) is 13.8. The zero-order valence-electron chi connectivity index (χ0n) is 9.26. The summed E-state index contributed by atoms with van der Waals surface area (Å²) in [6, 6.07) is 4.99. The Hall–Kier alpha value is -1.94. The smallest absolute Gasteiger partial charge is 0.304 e. The molecule has 5 nitrogen and oxygen atoms in total. The Morgan fingerprint density at radius 3 is 2.67 bits per heavy atom. The molecule has 18 heavy (non-hydrogen) atoms. The van der Waals surface area contributed by atoms with Gasteiger partial charge in [-0.3, -0.25) is 4.79 Å². The quantitative estimate of drug-likeness (QED) is 0.864. The van der Waals surface area contributed by atoms with Crippen LogP contribution in [0.1, 0.15) is 17.5 Å². The van der Waals surface area contributed by atoms with Crippen molar-refractivity contribution in [1.82, 2.24) is 0 Å². The van der Waals surface area contributed by atoms with Gasteiger partial charge in [0.2, 0.25) is 0 Å². The molecule has 0 saturated carbocycles. The van der Waals surface area contributed by atoms with E-state index in [1.807, 2.05) is 0 Å². The number of nitriles is 1. The Bertz CT molecular complexity index is 604. The maximum Gasteiger partial charge on any atom is 0.304 e. The fourth-order valence-electron chi connectivity index (χ4n) is 1.34. The summed E-state index contributed by atoms with van der Waals surface area (Å²) >= 11 is 0. The van der Waals surface area contributed by atoms with Crippen molar-refractivity contribution < 1.29 is 22.7 Å². The predicted molar refractivity (Wildman–Crippen MR) is 60.9 cm³/mol. The Labute approximate surface area is 103 Å². The van der Waals surface area contributed by atoms with E-state index in [9.17, 15) is 17.6 Å². The van der Waals surface area contributed by atoms with E-state index in [0.29, 0.717) is 0 Å². The van der Waals surface area contributed by atoms with Crippen LogP contribution in [0.5, 0.6) is 0 Å². The molecule has 1 N–H and O–H groups in total. The van der Waals surface area contributed by atoms with E-state index in [4.69, 9.17) is 10.4 Å². The monoisotopic (exact) mass is 271 g/mol. The number of rotatable bonds is 5. The lowest BCUT2D eigenvalue weighted by Crippen LogP contribution is -2.13. The summed E-state index contributed by atoms with van der Waals surface area (Å²) in [5, 5.41) is 17.2. The average Bonchev–Trinajstić information content (AvgIpc) is 2.26. The molecule has 0 fully saturated rings. The van der Waals surface area contributed by atoms with E-state index < -0.39 is 39.6 Å². The van der Waals surface area contributed by atoms with Crippen LogP contribution in [0.3, 0.4) is 0 Å². The van der Waals surface area contributed by atoms with E-state index in [0.717, 1.165) is 12.1 Å². The van der Waals surface area contributed by atoms with Crippen LogP contribution in [0.25, 0.3) is 0 Å². The molecule has 0 aliphatic carbocycles. The van der Waals surface area contributed by atoms with Crippen LogP contribution < -0.4 is 0 Å². The van der Waals surface area contributed by atoms with Gasteiger partial charge in [-0.1, -0.05) is 0 Å². The maximum absolute atomic E-state index is 13.0. The van der Waals surface area contributed by atoms with Crippen molar-refractivity contribution in [2.75, 3.05) is 5.75 Å². The fourth-order valence-corrected chi connectivity index (χ4v) is 2.69. The molecular weight excluding hydrogens is 261 g/mol. The highest BCUT2D eigenvalue weighted by Crippen LogP contribution is 2.14. The van der Waals surface area contributed by atoms with Gasteiger partial charge in [0, 0.05) is 0 Å². The fraction of sp³-hybridized carbons (Fsp3) is 0.273. The topological polar surface area (TPSA) is 95.2 Å². The molecule has 0 bridgehead atoms. The van der Waals surface area contributed by atoms with E-state index >= 15 is 0 Å². The molecule has 1 aromatic carbocycles. The van der Waals surface area contributed by atoms with Crippen molar-refractivity contribution in [3.05, 3.63) is 35.1 Å². The summed E-state index contributed by atoms with van der Waals surface area (Å²) in [5.41, 5.74) is 0.109. The molecule has 0 aliphatic rings. The van der Waals surface area contributed by atoms with E-state index in [1.54, 1.807) is 6.07 Å². The number of sulfone groups is 1. The van der Waals surface area contributed by atoms with Gasteiger partial charge in [0.05, 0.1) is 29.6 Å². The van der Waals surface area contributed by atoms with Gasteiger partial charge < -0.3 is 5.11 Å². The van der Waals surface area contributed by atoms with Crippen LogP contribution in [0.2, 0.25) is 0 Å². The lowest BCUT2D eigenvalue weighted by Gasteiger charge is -2.05. The maximum atomic E-state index is 13.0. The van der Waals surface area contributed by atoms with E-state index in [1.165, 1.54) is 6.07 Å². The number of nitrogens with zero attached hydrogens (tertiary/aromatic N) is 1. The number of carbonyl (C=O) groups is 1. The summed E-state index contributed by atoms with van der Waals surface area (Å²) in [7, 11) is -3.68. The SMILES string of the molecule is N#Cc1ccc(F)cc1CS(=O)(=O)CCC(=O)O. The number of aliphatic carboxylic acids is 1. The number of carboxylic acids is 1. The molecule has 1 rings (SSSR count). The predicted octanol–water partition coefficient (Wildman–Crippen LogP) is 1.09. The van der Waals surface area contributed by atoms with E-state index in [-0.39, 0.29) is 11.1 Å². The molecule has 0 aromatic heterocycles. The first kappa shape index (κ1) is 14.1. The van der Waals surface area contributed by atoms with Crippen LogP contribution in [-0.2, 0) is 20.4 Å². The molecule has 0 atom stereocenters. The van der Waals surface area contributed by atoms with Gasteiger partial charge in [-0.05, 0) is 23.8 Å². The molecule has 0 radical (unpaired) electrons. The zero-order valence-corrected chi connectivity index (χ0v) is 10.1. The molecule has 0 aliphatic heterocycles. The molecule has 0 spiro atoms. The second-order valence-corrected chi connectivity index (χ2v) is 5.83. The minimum absolute atomic E-state index is 0.0443. The van der Waals surface area contributed by atoms with Gasteiger partial charge >= 0.3 is 5.97 Å². The van der Waals surface area contributed by atoms with Crippen LogP contribution in [0.4, 0.5) is 4.39 Å². The molecule has 0 amide bonds. The first-order chi connectivity index (χ1) is 8.34. The molecule has 1 aromatic rings. The minimum Gasteiger partial charge on any atom is -0.481 e. The third kappa shape index (κ3) is 4.14. The molecule has 0 saturated heterocycles. The molecule has 7 heteroatoms. The third-order valence-electron chi connectivity index (χ3n) is 2.19.